The lowest BCUT2D eigenvalue weighted by molar-refractivity contribution is -0.175. The van der Waals surface area contributed by atoms with Gasteiger partial charge in [-0.15, -0.1) is 0 Å². The van der Waals surface area contributed by atoms with Gasteiger partial charge < -0.3 is 19.7 Å². The molecule has 2 N–H and O–H groups in total. The molecular weight excluding hydrogens is 360 g/mol. The molecule has 0 amide bonds. The fourth-order valence-electron chi connectivity index (χ4n) is 4.36. The van der Waals surface area contributed by atoms with E-state index in [0.717, 1.165) is 0 Å². The number of cyclic esters (lactones) is 1. The molecule has 1 aliphatic rings. The molecule has 0 aromatic carbocycles. The summed E-state index contributed by atoms with van der Waals surface area (Å²) < 4.78 is 11.1. The highest BCUT2D eigenvalue weighted by Gasteiger charge is 2.41. The Kier molecular flexibility index (Phi) is 9.57. The van der Waals surface area contributed by atoms with E-state index < -0.39 is 42.2 Å². The van der Waals surface area contributed by atoms with Crippen molar-refractivity contribution in [2.45, 2.75) is 85.7 Å². The lowest BCUT2D eigenvalue weighted by atomic mass is 9.74. The lowest BCUT2D eigenvalue weighted by Crippen LogP contribution is -2.48. The monoisotopic (exact) mass is 400 g/mol. The summed E-state index contributed by atoms with van der Waals surface area (Å²) >= 11 is 0. The SMILES string of the molecule is CC[C@H]1OC(=O)[C@H](C)[C@@H](O)[C@H](C)[C@@H](C)[C@@H](C)C[C@@H](C)C(=O)[C@H](C)[C@@H](O)[C@H]1OC. The summed E-state index contributed by atoms with van der Waals surface area (Å²) in [5.41, 5.74) is 0. The number of carbonyl (C=O) groups excluding carboxylic acids is 2. The number of aliphatic hydroxyl groups excluding tert-OH is 2. The van der Waals surface area contributed by atoms with Crippen LogP contribution in [0.3, 0.4) is 0 Å². The zero-order valence-electron chi connectivity index (χ0n) is 18.7. The van der Waals surface area contributed by atoms with Crippen molar-refractivity contribution < 1.29 is 29.3 Å². The number of rotatable bonds is 2. The predicted molar refractivity (Wildman–Crippen MR) is 108 cm³/mol. The van der Waals surface area contributed by atoms with Gasteiger partial charge in [0.15, 0.2) is 0 Å². The molecule has 1 fully saturated rings. The van der Waals surface area contributed by atoms with Crippen LogP contribution in [0.1, 0.15) is 61.3 Å². The molecule has 1 saturated heterocycles. The van der Waals surface area contributed by atoms with Crippen LogP contribution in [0.2, 0.25) is 0 Å². The Labute approximate surface area is 170 Å². The van der Waals surface area contributed by atoms with Gasteiger partial charge in [0.2, 0.25) is 0 Å². The van der Waals surface area contributed by atoms with E-state index in [0.29, 0.717) is 12.8 Å². The zero-order chi connectivity index (χ0) is 21.8. The third kappa shape index (κ3) is 5.55. The summed E-state index contributed by atoms with van der Waals surface area (Å²) in [5.74, 6) is -1.88. The molecule has 0 spiro atoms. The van der Waals surface area contributed by atoms with E-state index in [-0.39, 0.29) is 29.5 Å². The van der Waals surface area contributed by atoms with E-state index in [4.69, 9.17) is 9.47 Å². The third-order valence-corrected chi connectivity index (χ3v) is 6.97. The van der Waals surface area contributed by atoms with Gasteiger partial charge in [0.25, 0.3) is 0 Å². The van der Waals surface area contributed by atoms with Crippen molar-refractivity contribution in [3.05, 3.63) is 0 Å². The minimum Gasteiger partial charge on any atom is -0.459 e. The summed E-state index contributed by atoms with van der Waals surface area (Å²) in [6.45, 7) is 13.2. The van der Waals surface area contributed by atoms with Gasteiger partial charge in [-0.2, -0.15) is 0 Å². The van der Waals surface area contributed by atoms with Gasteiger partial charge in [-0.1, -0.05) is 41.5 Å². The van der Waals surface area contributed by atoms with Crippen molar-refractivity contribution in [3.8, 4) is 0 Å². The second-order valence-electron chi connectivity index (χ2n) is 8.88. The van der Waals surface area contributed by atoms with Crippen LogP contribution in [0.4, 0.5) is 0 Å². The number of ether oxygens (including phenoxy) is 2. The molecular formula is C22H40O6. The predicted octanol–water partition coefficient (Wildman–Crippen LogP) is 2.83. The largest absolute Gasteiger partial charge is 0.459 e. The molecule has 6 heteroatoms. The zero-order valence-corrected chi connectivity index (χ0v) is 18.7. The van der Waals surface area contributed by atoms with Gasteiger partial charge in [-0.25, -0.2) is 0 Å². The first-order valence-electron chi connectivity index (χ1n) is 10.6. The first-order valence-corrected chi connectivity index (χ1v) is 10.6. The average molecular weight is 401 g/mol. The number of esters is 1. The highest BCUT2D eigenvalue weighted by molar-refractivity contribution is 5.83. The second kappa shape index (κ2) is 10.7. The number of carbonyl (C=O) groups is 2. The quantitative estimate of drug-likeness (QED) is 0.693. The molecule has 0 aromatic rings. The number of aliphatic hydroxyl groups is 2. The molecule has 6 nitrogen and oxygen atoms in total. The lowest BCUT2D eigenvalue weighted by Gasteiger charge is -2.36. The molecule has 0 radical (unpaired) electrons. The molecule has 0 unspecified atom stereocenters. The van der Waals surface area contributed by atoms with Gasteiger partial charge >= 0.3 is 5.97 Å². The molecule has 1 aliphatic heterocycles. The number of ketones is 1. The number of methoxy groups -OCH3 is 1. The van der Waals surface area contributed by atoms with Gasteiger partial charge in [0, 0.05) is 18.9 Å². The van der Waals surface area contributed by atoms with E-state index in [9.17, 15) is 19.8 Å². The van der Waals surface area contributed by atoms with E-state index in [1.807, 2.05) is 27.7 Å². The summed E-state index contributed by atoms with van der Waals surface area (Å²) in [7, 11) is 1.44. The Morgan fingerprint density at radius 3 is 2.04 bits per heavy atom. The molecule has 1 heterocycles. The average Bonchev–Trinajstić information content (AvgIpc) is 2.68. The standard InChI is InChI=1S/C22H40O6/c1-9-17-21(27-8)20(25)15(6)18(23)12(3)10-11(2)13(4)14(5)19(24)16(7)22(26)28-17/h11-17,19-21,24-25H,9-10H2,1-8H3/t11-,12+,13-,14+,15-,16+,17+,19-,20+,21-/m0/s1. The highest BCUT2D eigenvalue weighted by Crippen LogP contribution is 2.33. The van der Waals surface area contributed by atoms with Gasteiger partial charge in [0.1, 0.15) is 18.0 Å². The molecule has 164 valence electrons. The fourth-order valence-corrected chi connectivity index (χ4v) is 4.36. The molecule has 0 aliphatic carbocycles. The summed E-state index contributed by atoms with van der Waals surface area (Å²) in [6, 6.07) is 0. The van der Waals surface area contributed by atoms with Gasteiger partial charge in [-0.05, 0) is 37.5 Å². The Morgan fingerprint density at radius 1 is 0.964 bits per heavy atom. The third-order valence-electron chi connectivity index (χ3n) is 6.97. The Hall–Kier alpha value is -0.980. The Balaban J connectivity index is 3.29. The first-order chi connectivity index (χ1) is 13.0. The fraction of sp³-hybridized carbons (Fsp3) is 0.909. The van der Waals surface area contributed by atoms with Crippen LogP contribution in [0.5, 0.6) is 0 Å². The van der Waals surface area contributed by atoms with E-state index in [1.165, 1.54) is 7.11 Å². The highest BCUT2D eigenvalue weighted by atomic mass is 16.6. The maximum absolute atomic E-state index is 12.9. The minimum atomic E-state index is -1.08. The van der Waals surface area contributed by atoms with Crippen molar-refractivity contribution in [2.24, 2.45) is 35.5 Å². The maximum atomic E-state index is 12.9. The Morgan fingerprint density at radius 2 is 1.54 bits per heavy atom. The Bertz CT molecular complexity index is 521. The minimum absolute atomic E-state index is 0.0200. The first kappa shape index (κ1) is 25.1. The number of Topliss-reactive ketones (excluding diaryl/α,β-unsaturated/α-hetero) is 1. The van der Waals surface area contributed by atoms with Gasteiger partial charge in [0.05, 0.1) is 18.1 Å². The van der Waals surface area contributed by atoms with E-state index in [1.54, 1.807) is 13.8 Å². The molecule has 28 heavy (non-hydrogen) atoms. The van der Waals surface area contributed by atoms with Crippen molar-refractivity contribution in [1.82, 2.24) is 0 Å². The van der Waals surface area contributed by atoms with Crippen molar-refractivity contribution in [3.63, 3.8) is 0 Å². The molecule has 0 saturated carbocycles. The van der Waals surface area contributed by atoms with Crippen molar-refractivity contribution in [2.75, 3.05) is 7.11 Å². The molecule has 1 rings (SSSR count). The second-order valence-corrected chi connectivity index (χ2v) is 8.88. The van der Waals surface area contributed by atoms with Crippen molar-refractivity contribution in [1.29, 1.82) is 0 Å². The number of hydrogen-bond donors (Lipinski definition) is 2. The van der Waals surface area contributed by atoms with Crippen LogP contribution in [-0.4, -0.2) is 53.5 Å². The molecule has 10 atom stereocenters. The van der Waals surface area contributed by atoms with Crippen LogP contribution < -0.4 is 0 Å². The maximum Gasteiger partial charge on any atom is 0.311 e. The van der Waals surface area contributed by atoms with Crippen LogP contribution in [0.15, 0.2) is 0 Å². The van der Waals surface area contributed by atoms with Crippen LogP contribution in [0, 0.1) is 35.5 Å². The van der Waals surface area contributed by atoms with E-state index in [2.05, 4.69) is 6.92 Å². The summed E-state index contributed by atoms with van der Waals surface area (Å²) in [4.78, 5) is 25.6. The molecule has 0 bridgehead atoms. The van der Waals surface area contributed by atoms with Crippen molar-refractivity contribution >= 4 is 11.8 Å². The summed E-state index contributed by atoms with van der Waals surface area (Å²) in [6.07, 6.45) is -2.32. The summed E-state index contributed by atoms with van der Waals surface area (Å²) in [5, 5.41) is 21.6. The van der Waals surface area contributed by atoms with E-state index >= 15 is 0 Å². The normalized spacial score (nSPS) is 44.6. The van der Waals surface area contributed by atoms with Crippen LogP contribution in [-0.2, 0) is 19.1 Å². The van der Waals surface area contributed by atoms with Gasteiger partial charge in [-0.3, -0.25) is 9.59 Å². The van der Waals surface area contributed by atoms with Crippen LogP contribution >= 0.6 is 0 Å². The topological polar surface area (TPSA) is 93.1 Å². The smallest absolute Gasteiger partial charge is 0.311 e. The van der Waals surface area contributed by atoms with Crippen LogP contribution in [0.25, 0.3) is 0 Å². The molecule has 0 aromatic heterocycles. The number of hydrogen-bond acceptors (Lipinski definition) is 6.